The van der Waals surface area contributed by atoms with Crippen LogP contribution in [0.3, 0.4) is 0 Å². The molecule has 1 aliphatic heterocycles. The highest BCUT2D eigenvalue weighted by Gasteiger charge is 2.25. The van der Waals surface area contributed by atoms with E-state index in [4.69, 9.17) is 21.7 Å². The molecule has 0 bridgehead atoms. The molecule has 0 amide bonds. The third-order valence-corrected chi connectivity index (χ3v) is 6.48. The Hall–Kier alpha value is -1.53. The van der Waals surface area contributed by atoms with E-state index in [-0.39, 0.29) is 0 Å². The highest BCUT2D eigenvalue weighted by molar-refractivity contribution is 7.80. The molecule has 0 radical (unpaired) electrons. The Kier molecular flexibility index (Phi) is 8.22. The number of piperazine rings is 1. The van der Waals surface area contributed by atoms with Crippen LogP contribution in [-0.4, -0.2) is 67.9 Å². The van der Waals surface area contributed by atoms with E-state index >= 15 is 0 Å². The molecule has 0 aromatic heterocycles. The maximum absolute atomic E-state index is 5.65. The molecule has 1 aliphatic carbocycles. The average molecular weight is 406 g/mol. The fraction of sp³-hybridized carbons (Fsp3) is 0.682. The van der Waals surface area contributed by atoms with Gasteiger partial charge in [0.15, 0.2) is 16.6 Å². The second kappa shape index (κ2) is 10.9. The molecule has 3 rings (SSSR count). The van der Waals surface area contributed by atoms with Crippen LogP contribution in [0.5, 0.6) is 11.5 Å². The standard InChI is InChI=1S/C22H35N3O2S/c1-26-20-10-9-18(17-21(20)27-2)11-12-23-22(28)25-15-13-24(14-16-25)19-7-5-3-4-6-8-19/h9-10,17,19H,3-8,11-16H2,1-2H3,(H,23,28). The monoisotopic (exact) mass is 405 g/mol. The molecule has 5 nitrogen and oxygen atoms in total. The van der Waals surface area contributed by atoms with Crippen molar-refractivity contribution in [1.29, 1.82) is 0 Å². The zero-order valence-electron chi connectivity index (χ0n) is 17.4. The van der Waals surface area contributed by atoms with Gasteiger partial charge in [0.1, 0.15) is 0 Å². The number of methoxy groups -OCH3 is 2. The summed E-state index contributed by atoms with van der Waals surface area (Å²) in [5, 5.41) is 4.33. The lowest BCUT2D eigenvalue weighted by Gasteiger charge is -2.40. The van der Waals surface area contributed by atoms with Crippen molar-refractivity contribution in [3.8, 4) is 11.5 Å². The Morgan fingerprint density at radius 2 is 1.68 bits per heavy atom. The zero-order chi connectivity index (χ0) is 19.8. The highest BCUT2D eigenvalue weighted by atomic mass is 32.1. The van der Waals surface area contributed by atoms with Gasteiger partial charge < -0.3 is 19.7 Å². The van der Waals surface area contributed by atoms with Crippen molar-refractivity contribution in [2.75, 3.05) is 46.9 Å². The minimum atomic E-state index is 0.765. The van der Waals surface area contributed by atoms with E-state index < -0.39 is 0 Å². The van der Waals surface area contributed by atoms with Gasteiger partial charge in [0.05, 0.1) is 14.2 Å². The van der Waals surface area contributed by atoms with Crippen molar-refractivity contribution < 1.29 is 9.47 Å². The van der Waals surface area contributed by atoms with Gasteiger partial charge in [0.25, 0.3) is 0 Å². The Labute approximate surface area is 175 Å². The van der Waals surface area contributed by atoms with Crippen LogP contribution < -0.4 is 14.8 Å². The molecule has 1 heterocycles. The van der Waals surface area contributed by atoms with E-state index in [2.05, 4.69) is 21.2 Å². The third-order valence-electron chi connectivity index (χ3n) is 6.08. The van der Waals surface area contributed by atoms with Gasteiger partial charge in [-0.05, 0) is 49.2 Å². The average Bonchev–Trinajstić information content (AvgIpc) is 3.03. The number of hydrogen-bond acceptors (Lipinski definition) is 4. The number of nitrogens with one attached hydrogen (secondary N) is 1. The summed E-state index contributed by atoms with van der Waals surface area (Å²) in [4.78, 5) is 5.03. The van der Waals surface area contributed by atoms with E-state index in [9.17, 15) is 0 Å². The van der Waals surface area contributed by atoms with Crippen molar-refractivity contribution in [3.05, 3.63) is 23.8 Å². The fourth-order valence-electron chi connectivity index (χ4n) is 4.37. The molecular weight excluding hydrogens is 370 g/mol. The molecule has 156 valence electrons. The smallest absolute Gasteiger partial charge is 0.169 e. The van der Waals surface area contributed by atoms with Crippen molar-refractivity contribution in [2.24, 2.45) is 0 Å². The Morgan fingerprint density at radius 1 is 1.00 bits per heavy atom. The fourth-order valence-corrected chi connectivity index (χ4v) is 4.66. The summed E-state index contributed by atoms with van der Waals surface area (Å²) in [5.74, 6) is 1.54. The molecule has 28 heavy (non-hydrogen) atoms. The summed E-state index contributed by atoms with van der Waals surface area (Å²) >= 11 is 5.65. The van der Waals surface area contributed by atoms with E-state index in [1.165, 1.54) is 44.1 Å². The largest absolute Gasteiger partial charge is 0.493 e. The van der Waals surface area contributed by atoms with E-state index in [0.29, 0.717) is 0 Å². The van der Waals surface area contributed by atoms with Gasteiger partial charge in [0, 0.05) is 38.8 Å². The van der Waals surface area contributed by atoms with Crippen molar-refractivity contribution in [3.63, 3.8) is 0 Å². The number of hydrogen-bond donors (Lipinski definition) is 1. The Balaban J connectivity index is 1.40. The Bertz CT molecular complexity index is 624. The SMILES string of the molecule is COc1ccc(CCNC(=S)N2CCN(C3CCCCCC3)CC2)cc1OC. The molecule has 1 aromatic carbocycles. The number of thiocarbonyl (C=S) groups is 1. The van der Waals surface area contributed by atoms with Crippen LogP contribution in [0.2, 0.25) is 0 Å². The lowest BCUT2D eigenvalue weighted by molar-refractivity contribution is 0.121. The maximum atomic E-state index is 5.65. The normalized spacial score (nSPS) is 19.1. The molecule has 1 aromatic rings. The minimum absolute atomic E-state index is 0.765. The van der Waals surface area contributed by atoms with Crippen LogP contribution in [0, 0.1) is 0 Å². The van der Waals surface area contributed by atoms with Gasteiger partial charge >= 0.3 is 0 Å². The first-order valence-electron chi connectivity index (χ1n) is 10.7. The lowest BCUT2D eigenvalue weighted by atomic mass is 10.1. The van der Waals surface area contributed by atoms with E-state index in [1.54, 1.807) is 14.2 Å². The number of nitrogens with zero attached hydrogens (tertiary/aromatic N) is 2. The van der Waals surface area contributed by atoms with Gasteiger partial charge in [-0.25, -0.2) is 0 Å². The number of benzene rings is 1. The second-order valence-electron chi connectivity index (χ2n) is 7.84. The molecular formula is C22H35N3O2S. The summed E-state index contributed by atoms with van der Waals surface area (Å²) in [6.45, 7) is 5.19. The minimum Gasteiger partial charge on any atom is -0.493 e. The van der Waals surface area contributed by atoms with Gasteiger partial charge in [-0.15, -0.1) is 0 Å². The molecule has 2 fully saturated rings. The summed E-state index contributed by atoms with van der Waals surface area (Å²) < 4.78 is 10.7. The van der Waals surface area contributed by atoms with Gasteiger partial charge in [-0.3, -0.25) is 4.90 Å². The topological polar surface area (TPSA) is 37.0 Å². The second-order valence-corrected chi connectivity index (χ2v) is 8.23. The molecule has 0 unspecified atom stereocenters. The van der Waals surface area contributed by atoms with E-state index in [0.717, 1.165) is 61.8 Å². The van der Waals surface area contributed by atoms with E-state index in [1.807, 2.05) is 12.1 Å². The first-order chi connectivity index (χ1) is 13.7. The van der Waals surface area contributed by atoms with Crippen molar-refractivity contribution >= 4 is 17.3 Å². The highest BCUT2D eigenvalue weighted by Crippen LogP contribution is 2.27. The third kappa shape index (κ3) is 5.74. The maximum Gasteiger partial charge on any atom is 0.169 e. The van der Waals surface area contributed by atoms with Gasteiger partial charge in [0.2, 0.25) is 0 Å². The number of ether oxygens (including phenoxy) is 2. The van der Waals surface area contributed by atoms with Crippen molar-refractivity contribution in [2.45, 2.75) is 51.0 Å². The van der Waals surface area contributed by atoms with Crippen molar-refractivity contribution in [1.82, 2.24) is 15.1 Å². The first-order valence-corrected chi connectivity index (χ1v) is 11.1. The molecule has 2 aliphatic rings. The van der Waals surface area contributed by atoms with Crippen LogP contribution in [0.25, 0.3) is 0 Å². The Morgan fingerprint density at radius 3 is 2.32 bits per heavy atom. The molecule has 1 N–H and O–H groups in total. The first kappa shape index (κ1) is 21.2. The number of rotatable bonds is 6. The summed E-state index contributed by atoms with van der Waals surface area (Å²) in [6, 6.07) is 6.88. The lowest BCUT2D eigenvalue weighted by Crippen LogP contribution is -2.54. The molecule has 6 heteroatoms. The molecule has 1 saturated carbocycles. The van der Waals surface area contributed by atoms with Crippen LogP contribution in [0.4, 0.5) is 0 Å². The van der Waals surface area contributed by atoms with Crippen LogP contribution in [0.15, 0.2) is 18.2 Å². The molecule has 0 spiro atoms. The predicted octanol–water partition coefficient (Wildman–Crippen LogP) is 3.46. The summed E-state index contributed by atoms with van der Waals surface area (Å²) in [7, 11) is 3.33. The van der Waals surface area contributed by atoms with Crippen LogP contribution >= 0.6 is 12.2 Å². The summed E-state index contributed by atoms with van der Waals surface area (Å²) in [5.41, 5.74) is 1.21. The quantitative estimate of drug-likeness (QED) is 0.577. The zero-order valence-corrected chi connectivity index (χ0v) is 18.2. The predicted molar refractivity (Wildman–Crippen MR) is 118 cm³/mol. The summed E-state index contributed by atoms with van der Waals surface area (Å²) in [6.07, 6.45) is 9.32. The van der Waals surface area contributed by atoms with Crippen LogP contribution in [0.1, 0.15) is 44.1 Å². The van der Waals surface area contributed by atoms with Crippen LogP contribution in [-0.2, 0) is 6.42 Å². The van der Waals surface area contributed by atoms with Gasteiger partial charge in [-0.2, -0.15) is 0 Å². The molecule has 0 atom stereocenters. The molecule has 1 saturated heterocycles. The van der Waals surface area contributed by atoms with Gasteiger partial charge in [-0.1, -0.05) is 31.7 Å².